The normalized spacial score (nSPS) is 11.3. The van der Waals surface area contributed by atoms with Gasteiger partial charge in [0.2, 0.25) is 0 Å². The fourth-order valence-electron chi connectivity index (χ4n) is 2.47. The van der Waals surface area contributed by atoms with Crippen molar-refractivity contribution < 1.29 is 4.42 Å². The second-order valence-electron chi connectivity index (χ2n) is 5.93. The van der Waals surface area contributed by atoms with Gasteiger partial charge < -0.3 is 4.42 Å². The Hall–Kier alpha value is -2.01. The summed E-state index contributed by atoms with van der Waals surface area (Å²) in [5.74, 6) is 2.63. The zero-order valence-corrected chi connectivity index (χ0v) is 14.7. The molecule has 0 fully saturated rings. The predicted octanol–water partition coefficient (Wildman–Crippen LogP) is 5.03. The first-order valence-electron chi connectivity index (χ1n) is 7.74. The molecule has 0 radical (unpaired) electrons. The van der Waals surface area contributed by atoms with Crippen LogP contribution in [0.25, 0.3) is 11.4 Å². The van der Waals surface area contributed by atoms with E-state index in [-0.39, 0.29) is 6.04 Å². The van der Waals surface area contributed by atoms with Crippen LogP contribution < -0.4 is 0 Å². The molecule has 2 aromatic heterocycles. The van der Waals surface area contributed by atoms with Gasteiger partial charge in [0.25, 0.3) is 0 Å². The molecule has 5 heteroatoms. The molecule has 120 valence electrons. The molecule has 0 aliphatic rings. The molecule has 0 bridgehead atoms. The molecule has 0 saturated carbocycles. The maximum absolute atomic E-state index is 5.42. The van der Waals surface area contributed by atoms with Crippen molar-refractivity contribution in [2.75, 3.05) is 0 Å². The Balaban J connectivity index is 1.86. The van der Waals surface area contributed by atoms with Crippen molar-refractivity contribution in [1.82, 2.24) is 14.8 Å². The molecule has 4 nitrogen and oxygen atoms in total. The summed E-state index contributed by atoms with van der Waals surface area (Å²) in [6.07, 6.45) is 1.70. The first kappa shape index (κ1) is 15.9. The van der Waals surface area contributed by atoms with Crippen molar-refractivity contribution in [2.24, 2.45) is 0 Å². The fraction of sp³-hybridized carbons (Fsp3) is 0.333. The second-order valence-corrected chi connectivity index (χ2v) is 6.88. The number of hydrogen-bond acceptors (Lipinski definition) is 4. The van der Waals surface area contributed by atoms with Crippen LogP contribution in [0, 0.1) is 13.8 Å². The monoisotopic (exact) mass is 327 g/mol. The van der Waals surface area contributed by atoms with Crippen LogP contribution in [-0.4, -0.2) is 14.8 Å². The van der Waals surface area contributed by atoms with Crippen molar-refractivity contribution >= 4 is 11.8 Å². The highest BCUT2D eigenvalue weighted by molar-refractivity contribution is 7.98. The number of aromatic nitrogens is 3. The average molecular weight is 327 g/mol. The van der Waals surface area contributed by atoms with Crippen LogP contribution in [0.3, 0.4) is 0 Å². The summed E-state index contributed by atoms with van der Waals surface area (Å²) < 4.78 is 7.59. The molecule has 0 aliphatic carbocycles. The number of furan rings is 1. The number of nitrogens with zero attached hydrogens (tertiary/aromatic N) is 3. The first-order valence-corrected chi connectivity index (χ1v) is 8.72. The van der Waals surface area contributed by atoms with Crippen molar-refractivity contribution in [3.63, 3.8) is 0 Å². The largest absolute Gasteiger partial charge is 0.469 e. The van der Waals surface area contributed by atoms with Gasteiger partial charge >= 0.3 is 0 Å². The molecule has 1 aromatic carbocycles. The van der Waals surface area contributed by atoms with Gasteiger partial charge in [0.1, 0.15) is 5.76 Å². The summed E-state index contributed by atoms with van der Waals surface area (Å²) in [5.41, 5.74) is 3.58. The SMILES string of the molecule is Cc1ccc(CSc2nnc(-c3ccoc3C)n2C(C)C)cc1. The van der Waals surface area contributed by atoms with Crippen LogP contribution in [0.5, 0.6) is 0 Å². The van der Waals surface area contributed by atoms with E-state index in [9.17, 15) is 0 Å². The number of rotatable bonds is 5. The standard InChI is InChI=1S/C18H21N3OS/c1-12(2)21-17(16-9-10-22-14(16)4)19-20-18(21)23-11-15-7-5-13(3)6-8-15/h5-10,12H,11H2,1-4H3. The Labute approximate surface area is 140 Å². The molecular weight excluding hydrogens is 306 g/mol. The lowest BCUT2D eigenvalue weighted by molar-refractivity contribution is 0.531. The number of hydrogen-bond donors (Lipinski definition) is 0. The Morgan fingerprint density at radius 3 is 2.43 bits per heavy atom. The van der Waals surface area contributed by atoms with Crippen LogP contribution in [0.15, 0.2) is 46.2 Å². The first-order chi connectivity index (χ1) is 11.1. The molecule has 3 rings (SSSR count). The summed E-state index contributed by atoms with van der Waals surface area (Å²) in [7, 11) is 0. The zero-order chi connectivity index (χ0) is 16.4. The van der Waals surface area contributed by atoms with Crippen LogP contribution >= 0.6 is 11.8 Å². The van der Waals surface area contributed by atoms with Crippen LogP contribution in [0.2, 0.25) is 0 Å². The Bertz CT molecular complexity index is 787. The predicted molar refractivity (Wildman–Crippen MR) is 93.6 cm³/mol. The highest BCUT2D eigenvalue weighted by atomic mass is 32.2. The average Bonchev–Trinajstić information content (AvgIpc) is 3.12. The molecule has 0 spiro atoms. The van der Waals surface area contributed by atoms with Gasteiger partial charge in [0.15, 0.2) is 11.0 Å². The van der Waals surface area contributed by atoms with E-state index in [4.69, 9.17) is 4.42 Å². The maximum atomic E-state index is 5.42. The third-order valence-corrected chi connectivity index (χ3v) is 4.78. The topological polar surface area (TPSA) is 43.9 Å². The minimum atomic E-state index is 0.287. The Morgan fingerprint density at radius 2 is 1.83 bits per heavy atom. The lowest BCUT2D eigenvalue weighted by Crippen LogP contribution is -2.05. The van der Waals surface area contributed by atoms with E-state index in [1.165, 1.54) is 11.1 Å². The maximum Gasteiger partial charge on any atom is 0.192 e. The number of aryl methyl sites for hydroxylation is 2. The zero-order valence-electron chi connectivity index (χ0n) is 13.9. The van der Waals surface area contributed by atoms with Crippen molar-refractivity contribution in [2.45, 2.75) is 44.6 Å². The van der Waals surface area contributed by atoms with Gasteiger partial charge in [0, 0.05) is 11.8 Å². The molecule has 0 N–H and O–H groups in total. The van der Waals surface area contributed by atoms with Gasteiger partial charge in [-0.2, -0.15) is 0 Å². The van der Waals surface area contributed by atoms with Crippen LogP contribution in [0.4, 0.5) is 0 Å². The molecule has 0 aliphatic heterocycles. The molecule has 3 aromatic rings. The highest BCUT2D eigenvalue weighted by Gasteiger charge is 2.19. The van der Waals surface area contributed by atoms with Gasteiger partial charge in [-0.15, -0.1) is 10.2 Å². The van der Waals surface area contributed by atoms with E-state index in [0.717, 1.165) is 28.1 Å². The molecule has 2 heterocycles. The fourth-order valence-corrected chi connectivity index (χ4v) is 3.50. The lowest BCUT2D eigenvalue weighted by Gasteiger charge is -2.13. The summed E-state index contributed by atoms with van der Waals surface area (Å²) >= 11 is 1.72. The number of benzene rings is 1. The van der Waals surface area contributed by atoms with E-state index in [2.05, 4.69) is 59.8 Å². The van der Waals surface area contributed by atoms with E-state index in [0.29, 0.717) is 0 Å². The molecule has 23 heavy (non-hydrogen) atoms. The molecule has 0 atom stereocenters. The minimum absolute atomic E-state index is 0.287. The van der Waals surface area contributed by atoms with E-state index < -0.39 is 0 Å². The van der Waals surface area contributed by atoms with Crippen molar-refractivity contribution in [3.8, 4) is 11.4 Å². The Kier molecular flexibility index (Phi) is 4.57. The van der Waals surface area contributed by atoms with Gasteiger partial charge in [-0.25, -0.2) is 0 Å². The Morgan fingerprint density at radius 1 is 1.09 bits per heavy atom. The second kappa shape index (κ2) is 6.62. The highest BCUT2D eigenvalue weighted by Crippen LogP contribution is 2.31. The smallest absolute Gasteiger partial charge is 0.192 e. The number of thioether (sulfide) groups is 1. The third-order valence-electron chi connectivity index (χ3n) is 3.77. The third kappa shape index (κ3) is 3.34. The van der Waals surface area contributed by atoms with Gasteiger partial charge in [-0.1, -0.05) is 41.6 Å². The molecular formula is C18H21N3OS. The van der Waals surface area contributed by atoms with Crippen molar-refractivity contribution in [3.05, 3.63) is 53.5 Å². The van der Waals surface area contributed by atoms with E-state index >= 15 is 0 Å². The quantitative estimate of drug-likeness (QED) is 0.617. The van der Waals surface area contributed by atoms with Gasteiger partial charge in [-0.05, 0) is 39.3 Å². The lowest BCUT2D eigenvalue weighted by atomic mass is 10.2. The van der Waals surface area contributed by atoms with Gasteiger partial charge in [0.05, 0.1) is 11.8 Å². The van der Waals surface area contributed by atoms with E-state index in [1.54, 1.807) is 18.0 Å². The summed E-state index contributed by atoms with van der Waals surface area (Å²) in [6.45, 7) is 8.36. The van der Waals surface area contributed by atoms with Crippen LogP contribution in [0.1, 0.15) is 36.8 Å². The van der Waals surface area contributed by atoms with Crippen LogP contribution in [-0.2, 0) is 5.75 Å². The van der Waals surface area contributed by atoms with Gasteiger partial charge in [-0.3, -0.25) is 4.57 Å². The summed E-state index contributed by atoms with van der Waals surface area (Å²) in [4.78, 5) is 0. The molecule has 0 unspecified atom stereocenters. The molecule has 0 amide bonds. The minimum Gasteiger partial charge on any atom is -0.469 e. The molecule has 0 saturated heterocycles. The van der Waals surface area contributed by atoms with E-state index in [1.807, 2.05) is 13.0 Å². The summed E-state index contributed by atoms with van der Waals surface area (Å²) in [5, 5.41) is 9.74. The summed E-state index contributed by atoms with van der Waals surface area (Å²) in [6, 6.07) is 10.9. The van der Waals surface area contributed by atoms with Crippen molar-refractivity contribution in [1.29, 1.82) is 0 Å².